The van der Waals surface area contributed by atoms with E-state index in [2.05, 4.69) is 93.3 Å². The number of piperidine rings is 1. The molecule has 2 fully saturated rings. The van der Waals surface area contributed by atoms with Crippen LogP contribution in [0, 0.1) is 11.3 Å². The van der Waals surface area contributed by atoms with Crippen molar-refractivity contribution in [3.8, 4) is 0 Å². The molecule has 8 rings (SSSR count). The Labute approximate surface area is 292 Å². The second-order valence-electron chi connectivity index (χ2n) is 14.9. The van der Waals surface area contributed by atoms with Gasteiger partial charge in [-0.3, -0.25) is 4.90 Å². The van der Waals surface area contributed by atoms with Crippen LogP contribution in [0.2, 0.25) is 0 Å². The van der Waals surface area contributed by atoms with E-state index in [1.54, 1.807) is 0 Å². The summed E-state index contributed by atoms with van der Waals surface area (Å²) in [5, 5.41) is 15.7. The molecule has 0 radical (unpaired) electrons. The molecule has 5 aliphatic rings. The fourth-order valence-corrected chi connectivity index (χ4v) is 9.90. The SMILES string of the molecule is C[n+]1ccc2c([nH]c3ccccc32)c1C1=C[C@@]2(O)CC/C=C\CCCCN3CCC1[C@]1(C[C@@H]4/C=C\CCCCN4[C@H]12)C3.O=S(=O)([O-])C(F)(F)F. The summed E-state index contributed by atoms with van der Waals surface area (Å²) in [6, 6.07) is 11.5. The molecule has 2 N–H and O–H groups in total. The number of pyridine rings is 1. The van der Waals surface area contributed by atoms with Gasteiger partial charge in [-0.1, -0.05) is 42.5 Å². The van der Waals surface area contributed by atoms with Gasteiger partial charge in [0.25, 0.3) is 0 Å². The Morgan fingerprint density at radius 3 is 2.48 bits per heavy atom. The lowest BCUT2D eigenvalue weighted by molar-refractivity contribution is -0.672. The lowest BCUT2D eigenvalue weighted by Gasteiger charge is -2.57. The number of nitrogens with zero attached hydrogens (tertiary/aromatic N) is 3. The maximum Gasteiger partial charge on any atom is 0.485 e. The Kier molecular flexibility index (Phi) is 9.55. The fraction of sp³-hybridized carbons (Fsp3) is 0.553. The molecule has 4 aliphatic heterocycles. The Morgan fingerprint density at radius 1 is 0.980 bits per heavy atom. The van der Waals surface area contributed by atoms with Crippen LogP contribution in [0.5, 0.6) is 0 Å². The van der Waals surface area contributed by atoms with Crippen LogP contribution in [-0.4, -0.2) is 82.2 Å². The van der Waals surface area contributed by atoms with E-state index in [1.807, 2.05) is 0 Å². The van der Waals surface area contributed by atoms with E-state index in [-0.39, 0.29) is 11.5 Å². The summed E-state index contributed by atoms with van der Waals surface area (Å²) < 4.78 is 61.2. The van der Waals surface area contributed by atoms with Gasteiger partial charge in [0.1, 0.15) is 12.6 Å². The highest BCUT2D eigenvalue weighted by Crippen LogP contribution is 2.61. The van der Waals surface area contributed by atoms with Crippen LogP contribution in [0.1, 0.15) is 69.9 Å². The van der Waals surface area contributed by atoms with E-state index in [1.165, 1.54) is 71.7 Å². The first-order chi connectivity index (χ1) is 23.8. The van der Waals surface area contributed by atoms with E-state index in [0.717, 1.165) is 51.7 Å². The second kappa shape index (κ2) is 13.5. The molecule has 0 saturated carbocycles. The molecule has 6 atom stereocenters. The van der Waals surface area contributed by atoms with Crippen molar-refractivity contribution in [1.82, 2.24) is 14.8 Å². The van der Waals surface area contributed by atoms with Crippen LogP contribution in [0.4, 0.5) is 13.2 Å². The third-order valence-electron chi connectivity index (χ3n) is 11.8. The summed E-state index contributed by atoms with van der Waals surface area (Å²) in [6.45, 7) is 4.53. The van der Waals surface area contributed by atoms with Gasteiger partial charge in [0.15, 0.2) is 16.3 Å². The predicted molar refractivity (Wildman–Crippen MR) is 187 cm³/mol. The second-order valence-corrected chi connectivity index (χ2v) is 16.3. The van der Waals surface area contributed by atoms with Gasteiger partial charge in [0.05, 0.1) is 11.6 Å². The smallest absolute Gasteiger partial charge is 0.485 e. The number of halogens is 3. The number of aliphatic hydroxyl groups is 1. The van der Waals surface area contributed by atoms with E-state index in [0.29, 0.717) is 12.0 Å². The summed E-state index contributed by atoms with van der Waals surface area (Å²) in [5.74, 6) is 0.421. The zero-order valence-corrected chi connectivity index (χ0v) is 29.4. The average Bonchev–Trinajstić information content (AvgIpc) is 3.56. The number of aromatic amines is 1. The molecular weight excluding hydrogens is 666 g/mol. The molecule has 1 aromatic carbocycles. The van der Waals surface area contributed by atoms with Crippen LogP contribution in [0.15, 0.2) is 66.9 Å². The summed E-state index contributed by atoms with van der Waals surface area (Å²) in [5.41, 5.74) is -1.45. The molecule has 1 spiro atoms. The van der Waals surface area contributed by atoms with Crippen molar-refractivity contribution in [2.75, 3.05) is 26.2 Å². The number of benzene rings is 1. The molecule has 3 aromatic rings. The molecule has 3 bridgehead atoms. The first-order valence-corrected chi connectivity index (χ1v) is 19.4. The van der Waals surface area contributed by atoms with Crippen molar-refractivity contribution in [2.24, 2.45) is 18.4 Å². The Morgan fingerprint density at radius 2 is 1.70 bits per heavy atom. The standard InChI is InChI=1S/C37H46N4O.CHF3O3S/c1-39-22-17-29-28-15-9-10-16-32(28)38-33(29)34(39)30-25-37(42)19-11-5-2-3-6-12-20-40-23-18-31(30)36(26-40)24-27-14-8-4-7-13-21-41(27)35(36)37;2-1(3,4)8(5,6)7/h2,5,8-10,14-17,22,25,27,31,35,42H,3-4,6-7,11-13,18-21,23-24,26H2,1H3;(H,5,6,7)/b5-2-,14-8-;/t27-,31?,35+,36-,37-;/m0./s1. The van der Waals surface area contributed by atoms with Crippen molar-refractivity contribution < 1.29 is 35.8 Å². The normalized spacial score (nSPS) is 33.4. The van der Waals surface area contributed by atoms with Crippen molar-refractivity contribution in [2.45, 2.75) is 87.4 Å². The van der Waals surface area contributed by atoms with Gasteiger partial charge in [-0.05, 0) is 96.0 Å². The number of aromatic nitrogens is 2. The topological polar surface area (TPSA) is 104 Å². The number of allylic oxidation sites excluding steroid dienone is 4. The van der Waals surface area contributed by atoms with Crippen molar-refractivity contribution in [3.05, 3.63) is 72.6 Å². The zero-order chi connectivity index (χ0) is 35.3. The minimum Gasteiger partial charge on any atom is -0.741 e. The third-order valence-corrected chi connectivity index (χ3v) is 12.4. The van der Waals surface area contributed by atoms with Gasteiger partial charge < -0.3 is 19.5 Å². The van der Waals surface area contributed by atoms with E-state index < -0.39 is 21.2 Å². The molecule has 8 nitrogen and oxygen atoms in total. The highest BCUT2D eigenvalue weighted by molar-refractivity contribution is 7.86. The van der Waals surface area contributed by atoms with Crippen molar-refractivity contribution >= 4 is 37.5 Å². The van der Waals surface area contributed by atoms with Crippen molar-refractivity contribution in [1.29, 1.82) is 0 Å². The van der Waals surface area contributed by atoms with Gasteiger partial charge >= 0.3 is 5.51 Å². The van der Waals surface area contributed by atoms with Gasteiger partial charge in [-0.2, -0.15) is 17.7 Å². The summed E-state index contributed by atoms with van der Waals surface area (Å²) in [6.07, 6.45) is 25.7. The predicted octanol–water partition coefficient (Wildman–Crippen LogP) is 6.34. The van der Waals surface area contributed by atoms with E-state index in [9.17, 15) is 18.3 Å². The summed E-state index contributed by atoms with van der Waals surface area (Å²) in [4.78, 5) is 9.38. The van der Waals surface area contributed by atoms with Gasteiger partial charge in [-0.15, -0.1) is 0 Å². The number of alkyl halides is 3. The summed E-state index contributed by atoms with van der Waals surface area (Å²) in [7, 11) is -3.89. The van der Waals surface area contributed by atoms with E-state index in [4.69, 9.17) is 13.0 Å². The number of fused-ring (bicyclic) bond motifs is 5. The quantitative estimate of drug-likeness (QED) is 0.132. The molecule has 50 heavy (non-hydrogen) atoms. The fourth-order valence-electron chi connectivity index (χ4n) is 9.90. The summed E-state index contributed by atoms with van der Waals surface area (Å²) >= 11 is 0. The minimum absolute atomic E-state index is 0.0232. The Hall–Kier alpha value is -3.03. The first-order valence-electron chi connectivity index (χ1n) is 18.0. The largest absolute Gasteiger partial charge is 0.741 e. The molecule has 2 unspecified atom stereocenters. The molecule has 270 valence electrons. The molecule has 1 aliphatic carbocycles. The van der Waals surface area contributed by atoms with Crippen LogP contribution in [0.25, 0.3) is 27.4 Å². The Balaban J connectivity index is 0.000000440. The van der Waals surface area contributed by atoms with E-state index >= 15 is 0 Å². The van der Waals surface area contributed by atoms with Gasteiger partial charge in [0.2, 0.25) is 5.69 Å². The van der Waals surface area contributed by atoms with Gasteiger partial charge in [0, 0.05) is 51.8 Å². The molecule has 2 aromatic heterocycles. The third kappa shape index (κ3) is 6.35. The van der Waals surface area contributed by atoms with Crippen molar-refractivity contribution in [3.63, 3.8) is 0 Å². The number of rotatable bonds is 1. The zero-order valence-electron chi connectivity index (χ0n) is 28.5. The highest BCUT2D eigenvalue weighted by Gasteiger charge is 2.66. The number of H-pyrrole nitrogens is 1. The van der Waals surface area contributed by atoms with Gasteiger partial charge in [-0.25, -0.2) is 8.42 Å². The molecular formula is C38H47F3N4O4S. The lowest BCUT2D eigenvalue weighted by atomic mass is 9.54. The number of nitrogens with one attached hydrogen (secondary N) is 1. The highest BCUT2D eigenvalue weighted by atomic mass is 32.2. The molecule has 6 heterocycles. The number of hydrogen-bond acceptors (Lipinski definition) is 6. The number of para-hydroxylation sites is 1. The minimum atomic E-state index is -6.09. The molecule has 12 heteroatoms. The van der Waals surface area contributed by atoms with Crippen LogP contribution >= 0.6 is 0 Å². The lowest BCUT2D eigenvalue weighted by Crippen LogP contribution is -2.66. The van der Waals surface area contributed by atoms with Crippen LogP contribution < -0.4 is 4.57 Å². The molecule has 0 amide bonds. The maximum atomic E-state index is 13.2. The number of aryl methyl sites for hydroxylation is 1. The average molecular weight is 713 g/mol. The maximum absolute atomic E-state index is 13.2. The van der Waals surface area contributed by atoms with Crippen LogP contribution in [-0.2, 0) is 17.2 Å². The monoisotopic (exact) mass is 712 g/mol. The Bertz CT molecular complexity index is 1940. The molecule has 2 saturated heterocycles. The number of hydrogen-bond donors (Lipinski definition) is 2. The van der Waals surface area contributed by atoms with Crippen LogP contribution in [0.3, 0.4) is 0 Å². The first kappa shape index (κ1) is 35.4.